The van der Waals surface area contributed by atoms with Crippen molar-refractivity contribution in [1.29, 1.82) is 0 Å². The van der Waals surface area contributed by atoms with E-state index in [1.165, 1.54) is 29.2 Å². The van der Waals surface area contributed by atoms with Crippen molar-refractivity contribution < 1.29 is 19.1 Å². The Morgan fingerprint density at radius 3 is 2.37 bits per heavy atom. The summed E-state index contributed by atoms with van der Waals surface area (Å²) in [6.45, 7) is 1.89. The van der Waals surface area contributed by atoms with Crippen molar-refractivity contribution in [1.82, 2.24) is 0 Å². The van der Waals surface area contributed by atoms with E-state index >= 15 is 0 Å². The van der Waals surface area contributed by atoms with Crippen LogP contribution < -0.4 is 4.90 Å². The monoisotopic (exact) mass is 421 g/mol. The first-order chi connectivity index (χ1) is 14.4. The molecule has 0 spiro atoms. The van der Waals surface area contributed by atoms with Gasteiger partial charge in [-0.05, 0) is 31.2 Å². The van der Waals surface area contributed by atoms with Crippen LogP contribution in [0.3, 0.4) is 0 Å². The van der Waals surface area contributed by atoms with Crippen LogP contribution in [-0.2, 0) is 9.59 Å². The number of halogens is 2. The molecule has 6 heteroatoms. The summed E-state index contributed by atoms with van der Waals surface area (Å²) < 4.78 is 14.8. The van der Waals surface area contributed by atoms with Crippen LogP contribution in [0.4, 0.5) is 10.1 Å². The number of anilines is 1. The first kappa shape index (κ1) is 19.9. The van der Waals surface area contributed by atoms with Crippen molar-refractivity contribution in [3.63, 3.8) is 0 Å². The maximum atomic E-state index is 14.8. The Labute approximate surface area is 177 Å². The maximum absolute atomic E-state index is 14.8. The van der Waals surface area contributed by atoms with Gasteiger partial charge < -0.3 is 5.11 Å². The molecule has 4 nitrogen and oxygen atoms in total. The molecule has 0 saturated carbocycles. The van der Waals surface area contributed by atoms with E-state index < -0.39 is 23.5 Å². The Hall–Kier alpha value is -3.44. The number of hydrogen-bond donors (Lipinski definition) is 1. The van der Waals surface area contributed by atoms with Crippen molar-refractivity contribution >= 4 is 34.7 Å². The van der Waals surface area contributed by atoms with E-state index in [0.29, 0.717) is 16.3 Å². The molecule has 1 unspecified atom stereocenters. The van der Waals surface area contributed by atoms with Gasteiger partial charge in [-0.1, -0.05) is 65.7 Å². The van der Waals surface area contributed by atoms with Crippen LogP contribution in [0.15, 0.2) is 78.4 Å². The van der Waals surface area contributed by atoms with Gasteiger partial charge in [0.15, 0.2) is 0 Å². The lowest BCUT2D eigenvalue weighted by Crippen LogP contribution is -2.29. The summed E-state index contributed by atoms with van der Waals surface area (Å²) in [5.41, 5.74) is 1.60. The maximum Gasteiger partial charge on any atom is 0.300 e. The third-order valence-electron chi connectivity index (χ3n) is 5.06. The van der Waals surface area contributed by atoms with Crippen molar-refractivity contribution in [3.8, 4) is 0 Å². The highest BCUT2D eigenvalue weighted by atomic mass is 35.5. The molecule has 0 aliphatic carbocycles. The van der Waals surface area contributed by atoms with Gasteiger partial charge in [-0.25, -0.2) is 4.39 Å². The van der Waals surface area contributed by atoms with Gasteiger partial charge in [0, 0.05) is 21.8 Å². The lowest BCUT2D eigenvalue weighted by Gasteiger charge is -2.25. The average molecular weight is 422 g/mol. The second kappa shape index (κ2) is 7.76. The molecule has 1 N–H and O–H groups in total. The normalized spacial score (nSPS) is 18.1. The zero-order valence-electron chi connectivity index (χ0n) is 16.0. The third-order valence-corrected chi connectivity index (χ3v) is 5.29. The molecular weight excluding hydrogens is 405 g/mol. The first-order valence-corrected chi connectivity index (χ1v) is 9.64. The SMILES string of the molecule is Cc1ccc(/C(O)=C2\C(=O)C(=O)N(c3cccc(Cl)c3)C2c2ccccc2F)cc1. The number of carbonyl (C=O) groups excluding carboxylic acids is 2. The second-order valence-electron chi connectivity index (χ2n) is 7.04. The molecule has 1 amide bonds. The predicted molar refractivity (Wildman–Crippen MR) is 114 cm³/mol. The van der Waals surface area contributed by atoms with Crippen LogP contribution in [0.5, 0.6) is 0 Å². The minimum atomic E-state index is -1.13. The Bertz CT molecular complexity index is 1190. The van der Waals surface area contributed by atoms with Crippen molar-refractivity contribution in [2.75, 3.05) is 4.90 Å². The molecule has 30 heavy (non-hydrogen) atoms. The fraction of sp³-hybridized carbons (Fsp3) is 0.0833. The molecule has 150 valence electrons. The molecule has 3 aromatic carbocycles. The molecule has 0 bridgehead atoms. The van der Waals surface area contributed by atoms with Crippen LogP contribution >= 0.6 is 11.6 Å². The van der Waals surface area contributed by atoms with Crippen LogP contribution in [-0.4, -0.2) is 16.8 Å². The molecule has 1 atom stereocenters. The molecule has 0 aromatic heterocycles. The number of Topliss-reactive ketones (excluding diaryl/α,β-unsaturated/α-hetero) is 1. The number of carbonyl (C=O) groups is 2. The number of amides is 1. The summed E-state index contributed by atoms with van der Waals surface area (Å²) in [5, 5.41) is 11.3. The van der Waals surface area contributed by atoms with Crippen molar-refractivity contribution in [2.24, 2.45) is 0 Å². The van der Waals surface area contributed by atoms with E-state index in [-0.39, 0.29) is 16.9 Å². The lowest BCUT2D eigenvalue weighted by atomic mass is 9.94. The Kier molecular flexibility index (Phi) is 5.14. The number of ketones is 1. The van der Waals surface area contributed by atoms with Gasteiger partial charge in [0.2, 0.25) is 0 Å². The van der Waals surface area contributed by atoms with Gasteiger partial charge in [0.05, 0.1) is 11.6 Å². The highest BCUT2D eigenvalue weighted by Crippen LogP contribution is 2.43. The van der Waals surface area contributed by atoms with Gasteiger partial charge >= 0.3 is 0 Å². The zero-order valence-corrected chi connectivity index (χ0v) is 16.7. The lowest BCUT2D eigenvalue weighted by molar-refractivity contribution is -0.132. The third kappa shape index (κ3) is 3.37. The molecule has 1 aliphatic rings. The van der Waals surface area contributed by atoms with Crippen molar-refractivity contribution in [3.05, 3.63) is 106 Å². The summed E-state index contributed by atoms with van der Waals surface area (Å²) in [4.78, 5) is 27.1. The van der Waals surface area contributed by atoms with E-state index in [1.807, 2.05) is 6.92 Å². The van der Waals surface area contributed by atoms with Gasteiger partial charge in [-0.2, -0.15) is 0 Å². The van der Waals surface area contributed by atoms with E-state index in [0.717, 1.165) is 5.56 Å². The number of aryl methyl sites for hydroxylation is 1. The predicted octanol–water partition coefficient (Wildman–Crippen LogP) is 5.41. The highest BCUT2D eigenvalue weighted by molar-refractivity contribution is 6.51. The molecule has 4 rings (SSSR count). The van der Waals surface area contributed by atoms with Crippen LogP contribution in [0.25, 0.3) is 5.76 Å². The zero-order chi connectivity index (χ0) is 21.4. The van der Waals surface area contributed by atoms with E-state index in [9.17, 15) is 19.1 Å². The fourth-order valence-corrected chi connectivity index (χ4v) is 3.77. The molecular formula is C24H17ClFNO3. The number of rotatable bonds is 3. The van der Waals surface area contributed by atoms with E-state index in [2.05, 4.69) is 0 Å². The Balaban J connectivity index is 1.98. The number of benzene rings is 3. The number of nitrogens with zero attached hydrogens (tertiary/aromatic N) is 1. The largest absolute Gasteiger partial charge is 0.507 e. The molecule has 1 saturated heterocycles. The molecule has 1 heterocycles. The first-order valence-electron chi connectivity index (χ1n) is 9.26. The Morgan fingerprint density at radius 2 is 1.70 bits per heavy atom. The second-order valence-corrected chi connectivity index (χ2v) is 7.47. The fourth-order valence-electron chi connectivity index (χ4n) is 3.58. The molecule has 3 aromatic rings. The van der Waals surface area contributed by atoms with Crippen LogP contribution in [0.2, 0.25) is 5.02 Å². The minimum Gasteiger partial charge on any atom is -0.507 e. The van der Waals surface area contributed by atoms with Crippen molar-refractivity contribution in [2.45, 2.75) is 13.0 Å². The van der Waals surface area contributed by atoms with Gasteiger partial charge in [-0.3, -0.25) is 14.5 Å². The summed E-state index contributed by atoms with van der Waals surface area (Å²) >= 11 is 6.08. The molecule has 1 fully saturated rings. The number of aliphatic hydroxyl groups excluding tert-OH is 1. The summed E-state index contributed by atoms with van der Waals surface area (Å²) in [6, 6.07) is 18.0. The highest BCUT2D eigenvalue weighted by Gasteiger charge is 2.47. The van der Waals surface area contributed by atoms with Crippen LogP contribution in [0.1, 0.15) is 22.7 Å². The molecule has 1 aliphatic heterocycles. The van der Waals surface area contributed by atoms with Gasteiger partial charge in [-0.15, -0.1) is 0 Å². The van der Waals surface area contributed by atoms with Gasteiger partial charge in [0.1, 0.15) is 11.6 Å². The van der Waals surface area contributed by atoms with Crippen LogP contribution in [0, 0.1) is 12.7 Å². The number of aliphatic hydroxyl groups is 1. The smallest absolute Gasteiger partial charge is 0.300 e. The van der Waals surface area contributed by atoms with E-state index in [1.54, 1.807) is 48.5 Å². The van der Waals surface area contributed by atoms with E-state index in [4.69, 9.17) is 11.6 Å². The topological polar surface area (TPSA) is 57.6 Å². The average Bonchev–Trinajstić information content (AvgIpc) is 2.99. The number of hydrogen-bond acceptors (Lipinski definition) is 3. The minimum absolute atomic E-state index is 0.102. The summed E-state index contributed by atoms with van der Waals surface area (Å²) in [7, 11) is 0. The standard InChI is InChI=1S/C24H17ClFNO3/c1-14-9-11-15(12-10-14)22(28)20-21(18-7-2-3-8-19(18)26)27(24(30)23(20)29)17-6-4-5-16(25)13-17/h2-13,21,28H,1H3/b22-20+. The quantitative estimate of drug-likeness (QED) is 0.349. The molecule has 0 radical (unpaired) electrons. The summed E-state index contributed by atoms with van der Waals surface area (Å²) in [6.07, 6.45) is 0. The Morgan fingerprint density at radius 1 is 1.00 bits per heavy atom. The summed E-state index contributed by atoms with van der Waals surface area (Å²) in [5.74, 6) is -2.70. The van der Waals surface area contributed by atoms with Gasteiger partial charge in [0.25, 0.3) is 11.7 Å².